The number of hydrogen-bond donors (Lipinski definition) is 1. The molecular weight excluding hydrogens is 238 g/mol. The fraction of sp³-hybridized carbons (Fsp3) is 0.667. The molecule has 4 heteroatoms. The van der Waals surface area contributed by atoms with Crippen LogP contribution in [0, 0.1) is 0 Å². The van der Waals surface area contributed by atoms with E-state index in [0.29, 0.717) is 12.6 Å². The smallest absolute Gasteiger partial charge is 0.0638 e. The molecule has 1 unspecified atom stereocenters. The van der Waals surface area contributed by atoms with Crippen molar-refractivity contribution >= 4 is 0 Å². The summed E-state index contributed by atoms with van der Waals surface area (Å²) in [5.74, 6) is 0. The molecule has 19 heavy (non-hydrogen) atoms. The van der Waals surface area contributed by atoms with Crippen molar-refractivity contribution in [1.29, 1.82) is 0 Å². The van der Waals surface area contributed by atoms with Crippen molar-refractivity contribution in [3.63, 3.8) is 0 Å². The minimum Gasteiger partial charge on any atom is -0.379 e. The van der Waals surface area contributed by atoms with Crippen molar-refractivity contribution in [2.75, 3.05) is 27.2 Å². The van der Waals surface area contributed by atoms with Gasteiger partial charge in [0.15, 0.2) is 0 Å². The summed E-state index contributed by atoms with van der Waals surface area (Å²) in [7, 11) is 3.87. The summed E-state index contributed by atoms with van der Waals surface area (Å²) in [5, 5.41) is 0. The molecule has 0 saturated heterocycles. The maximum atomic E-state index is 5.89. The predicted molar refractivity (Wildman–Crippen MR) is 79.1 cm³/mol. The standard InChI is InChI=1S/C15H27N3O/c1-15(2,19-4)11-14(12-16)18(3)10-8-13-7-5-6-9-17-13/h5-7,9,14H,8,10-12,16H2,1-4H3. The third-order valence-corrected chi connectivity index (χ3v) is 3.62. The molecule has 1 aromatic heterocycles. The molecule has 1 rings (SSSR count). The maximum Gasteiger partial charge on any atom is 0.0638 e. The first-order chi connectivity index (χ1) is 8.98. The number of methoxy groups -OCH3 is 1. The van der Waals surface area contributed by atoms with Crippen LogP contribution < -0.4 is 5.73 Å². The highest BCUT2D eigenvalue weighted by Crippen LogP contribution is 2.18. The molecular formula is C15H27N3O. The monoisotopic (exact) mass is 265 g/mol. The van der Waals surface area contributed by atoms with Crippen LogP contribution in [0.1, 0.15) is 26.0 Å². The Labute approximate surface area is 117 Å². The Morgan fingerprint density at radius 2 is 2.16 bits per heavy atom. The molecule has 2 N–H and O–H groups in total. The summed E-state index contributed by atoms with van der Waals surface area (Å²) in [5.41, 5.74) is 6.88. The first-order valence-electron chi connectivity index (χ1n) is 6.84. The van der Waals surface area contributed by atoms with E-state index in [2.05, 4.69) is 36.8 Å². The number of aromatic nitrogens is 1. The minimum absolute atomic E-state index is 0.136. The molecule has 0 radical (unpaired) electrons. The number of pyridine rings is 1. The van der Waals surface area contributed by atoms with Gasteiger partial charge in [0, 0.05) is 44.6 Å². The molecule has 0 aromatic carbocycles. The lowest BCUT2D eigenvalue weighted by atomic mass is 9.97. The molecule has 4 nitrogen and oxygen atoms in total. The third kappa shape index (κ3) is 5.68. The van der Waals surface area contributed by atoms with Gasteiger partial charge in [0.1, 0.15) is 0 Å². The molecule has 0 spiro atoms. The van der Waals surface area contributed by atoms with Crippen LogP contribution in [0.2, 0.25) is 0 Å². The lowest BCUT2D eigenvalue weighted by molar-refractivity contribution is -0.00437. The van der Waals surface area contributed by atoms with Crippen molar-refractivity contribution < 1.29 is 4.74 Å². The van der Waals surface area contributed by atoms with Gasteiger partial charge in [-0.15, -0.1) is 0 Å². The van der Waals surface area contributed by atoms with Gasteiger partial charge in [-0.1, -0.05) is 6.07 Å². The van der Waals surface area contributed by atoms with Gasteiger partial charge in [0.05, 0.1) is 5.60 Å². The summed E-state index contributed by atoms with van der Waals surface area (Å²) in [6.07, 6.45) is 3.71. The fourth-order valence-electron chi connectivity index (χ4n) is 2.09. The Hall–Kier alpha value is -0.970. The third-order valence-electron chi connectivity index (χ3n) is 3.62. The second-order valence-electron chi connectivity index (χ2n) is 5.61. The topological polar surface area (TPSA) is 51.4 Å². The number of rotatable bonds is 8. The second-order valence-corrected chi connectivity index (χ2v) is 5.61. The van der Waals surface area contributed by atoms with E-state index in [4.69, 9.17) is 10.5 Å². The Morgan fingerprint density at radius 1 is 1.42 bits per heavy atom. The lowest BCUT2D eigenvalue weighted by Crippen LogP contribution is -2.44. The van der Waals surface area contributed by atoms with E-state index >= 15 is 0 Å². The maximum absolute atomic E-state index is 5.89. The van der Waals surface area contributed by atoms with E-state index < -0.39 is 0 Å². The van der Waals surface area contributed by atoms with Gasteiger partial charge in [-0.25, -0.2) is 0 Å². The number of nitrogens with two attached hydrogens (primary N) is 1. The van der Waals surface area contributed by atoms with E-state index in [0.717, 1.165) is 25.1 Å². The van der Waals surface area contributed by atoms with Gasteiger partial charge in [0.2, 0.25) is 0 Å². The molecule has 108 valence electrons. The van der Waals surface area contributed by atoms with Crippen LogP contribution in [-0.2, 0) is 11.2 Å². The van der Waals surface area contributed by atoms with Crippen molar-refractivity contribution in [1.82, 2.24) is 9.88 Å². The summed E-state index contributed by atoms with van der Waals surface area (Å²) >= 11 is 0. The van der Waals surface area contributed by atoms with Crippen LogP contribution in [0.3, 0.4) is 0 Å². The molecule has 0 saturated carbocycles. The number of hydrogen-bond acceptors (Lipinski definition) is 4. The summed E-state index contributed by atoms with van der Waals surface area (Å²) in [4.78, 5) is 6.65. The van der Waals surface area contributed by atoms with Gasteiger partial charge < -0.3 is 15.4 Å². The minimum atomic E-state index is -0.136. The van der Waals surface area contributed by atoms with Crippen molar-refractivity contribution in [2.24, 2.45) is 5.73 Å². The molecule has 0 amide bonds. The Bertz CT molecular complexity index is 354. The fourth-order valence-corrected chi connectivity index (χ4v) is 2.09. The zero-order chi connectivity index (χ0) is 14.3. The number of nitrogens with zero attached hydrogens (tertiary/aromatic N) is 2. The largest absolute Gasteiger partial charge is 0.379 e. The normalized spacial score (nSPS) is 13.8. The SMILES string of the molecule is COC(C)(C)CC(CN)N(C)CCc1ccccn1. The first-order valence-corrected chi connectivity index (χ1v) is 6.84. The quantitative estimate of drug-likeness (QED) is 0.777. The highest BCUT2D eigenvalue weighted by molar-refractivity contribution is 5.03. The molecule has 1 heterocycles. The molecule has 0 aliphatic carbocycles. The van der Waals surface area contributed by atoms with Crippen LogP contribution in [0.15, 0.2) is 24.4 Å². The van der Waals surface area contributed by atoms with E-state index in [1.165, 1.54) is 0 Å². The van der Waals surface area contributed by atoms with E-state index in [-0.39, 0.29) is 5.60 Å². The Balaban J connectivity index is 2.48. The van der Waals surface area contributed by atoms with E-state index in [9.17, 15) is 0 Å². The van der Waals surface area contributed by atoms with Gasteiger partial charge in [-0.3, -0.25) is 4.98 Å². The first kappa shape index (κ1) is 16.1. The molecule has 0 aliphatic heterocycles. The predicted octanol–water partition coefficient (Wildman–Crippen LogP) is 1.70. The molecule has 1 aromatic rings. The average Bonchev–Trinajstić information content (AvgIpc) is 2.43. The summed E-state index contributed by atoms with van der Waals surface area (Å²) < 4.78 is 5.49. The van der Waals surface area contributed by atoms with Gasteiger partial charge in [-0.05, 0) is 39.4 Å². The van der Waals surface area contributed by atoms with Crippen LogP contribution in [-0.4, -0.2) is 48.8 Å². The van der Waals surface area contributed by atoms with Gasteiger partial charge in [-0.2, -0.15) is 0 Å². The average molecular weight is 265 g/mol. The zero-order valence-electron chi connectivity index (χ0n) is 12.6. The zero-order valence-corrected chi connectivity index (χ0v) is 12.6. The van der Waals surface area contributed by atoms with Crippen molar-refractivity contribution in [3.8, 4) is 0 Å². The van der Waals surface area contributed by atoms with Crippen LogP contribution in [0.4, 0.5) is 0 Å². The molecule has 1 atom stereocenters. The van der Waals surface area contributed by atoms with E-state index in [1.807, 2.05) is 18.3 Å². The van der Waals surface area contributed by atoms with Crippen LogP contribution in [0.5, 0.6) is 0 Å². The van der Waals surface area contributed by atoms with E-state index in [1.54, 1.807) is 7.11 Å². The van der Waals surface area contributed by atoms with Crippen LogP contribution >= 0.6 is 0 Å². The highest BCUT2D eigenvalue weighted by Gasteiger charge is 2.24. The molecule has 0 bridgehead atoms. The number of ether oxygens (including phenoxy) is 1. The summed E-state index contributed by atoms with van der Waals surface area (Å²) in [6, 6.07) is 6.36. The Kier molecular flexibility index (Phi) is 6.42. The van der Waals surface area contributed by atoms with Crippen molar-refractivity contribution in [2.45, 2.75) is 38.3 Å². The van der Waals surface area contributed by atoms with Gasteiger partial charge in [0.25, 0.3) is 0 Å². The highest BCUT2D eigenvalue weighted by atomic mass is 16.5. The molecule has 0 fully saturated rings. The molecule has 0 aliphatic rings. The Morgan fingerprint density at radius 3 is 2.68 bits per heavy atom. The second kappa shape index (κ2) is 7.58. The van der Waals surface area contributed by atoms with Crippen molar-refractivity contribution in [3.05, 3.63) is 30.1 Å². The number of likely N-dealkylation sites (N-methyl/N-ethyl adjacent to an activating group) is 1. The van der Waals surface area contributed by atoms with Gasteiger partial charge >= 0.3 is 0 Å². The van der Waals surface area contributed by atoms with Crippen LogP contribution in [0.25, 0.3) is 0 Å². The lowest BCUT2D eigenvalue weighted by Gasteiger charge is -2.33. The summed E-state index contributed by atoms with van der Waals surface area (Å²) in [6.45, 7) is 5.80.